The lowest BCUT2D eigenvalue weighted by Gasteiger charge is -2.31. The summed E-state index contributed by atoms with van der Waals surface area (Å²) in [6.45, 7) is 4.36. The van der Waals surface area contributed by atoms with Crippen LogP contribution in [0.4, 0.5) is 8.78 Å². The molecule has 0 saturated heterocycles. The molecule has 0 spiro atoms. The van der Waals surface area contributed by atoms with Crippen LogP contribution in [0.15, 0.2) is 0 Å². The second-order valence-electron chi connectivity index (χ2n) is 3.51. The van der Waals surface area contributed by atoms with Gasteiger partial charge in [-0.25, -0.2) is 8.78 Å². The van der Waals surface area contributed by atoms with Crippen molar-refractivity contribution in [2.75, 3.05) is 0 Å². The van der Waals surface area contributed by atoms with Crippen molar-refractivity contribution in [3.05, 3.63) is 0 Å². The van der Waals surface area contributed by atoms with E-state index in [1.165, 1.54) is 13.8 Å². The SMILES string of the molecule is CCC(C)(C)C(F)(F)CC(=O)O. The van der Waals surface area contributed by atoms with Crippen molar-refractivity contribution < 1.29 is 18.7 Å². The Hall–Kier alpha value is -0.670. The van der Waals surface area contributed by atoms with Gasteiger partial charge in [-0.1, -0.05) is 20.8 Å². The van der Waals surface area contributed by atoms with E-state index in [0.717, 1.165) is 0 Å². The first-order chi connectivity index (χ1) is 5.23. The number of halogens is 2. The average molecular weight is 180 g/mol. The second kappa shape index (κ2) is 3.37. The number of carboxylic acid groups (broad SMARTS) is 1. The molecule has 0 saturated carbocycles. The van der Waals surface area contributed by atoms with Crippen LogP contribution >= 0.6 is 0 Å². The zero-order chi connectivity index (χ0) is 9.99. The number of rotatable bonds is 4. The van der Waals surface area contributed by atoms with E-state index in [4.69, 9.17) is 5.11 Å². The van der Waals surface area contributed by atoms with E-state index in [-0.39, 0.29) is 6.42 Å². The average Bonchev–Trinajstić information content (AvgIpc) is 1.84. The predicted octanol–water partition coefficient (Wildman–Crippen LogP) is 2.53. The number of hydrogen-bond acceptors (Lipinski definition) is 1. The summed E-state index contributed by atoms with van der Waals surface area (Å²) in [5.74, 6) is -4.59. The summed E-state index contributed by atoms with van der Waals surface area (Å²) in [7, 11) is 0. The minimum atomic E-state index is -3.13. The van der Waals surface area contributed by atoms with Gasteiger partial charge in [-0.2, -0.15) is 0 Å². The molecule has 0 radical (unpaired) electrons. The maximum absolute atomic E-state index is 13.1. The molecule has 72 valence electrons. The summed E-state index contributed by atoms with van der Waals surface area (Å²) in [5.41, 5.74) is -1.24. The van der Waals surface area contributed by atoms with Gasteiger partial charge in [0.05, 0.1) is 0 Å². The minimum absolute atomic E-state index is 0.257. The molecule has 0 aromatic carbocycles. The Labute approximate surface area is 70.6 Å². The monoisotopic (exact) mass is 180 g/mol. The fourth-order valence-corrected chi connectivity index (χ4v) is 0.688. The summed E-state index contributed by atoms with van der Waals surface area (Å²) in [4.78, 5) is 10.1. The van der Waals surface area contributed by atoms with E-state index in [1.54, 1.807) is 6.92 Å². The Balaban J connectivity index is 4.48. The topological polar surface area (TPSA) is 37.3 Å². The van der Waals surface area contributed by atoms with E-state index in [1.807, 2.05) is 0 Å². The van der Waals surface area contributed by atoms with Crippen molar-refractivity contribution in [1.82, 2.24) is 0 Å². The molecule has 0 aromatic rings. The highest BCUT2D eigenvalue weighted by Crippen LogP contribution is 2.41. The van der Waals surface area contributed by atoms with Gasteiger partial charge < -0.3 is 5.11 Å². The van der Waals surface area contributed by atoms with Gasteiger partial charge in [0.25, 0.3) is 5.92 Å². The molecule has 2 nitrogen and oxygen atoms in total. The Bertz CT molecular complexity index is 176. The Morgan fingerprint density at radius 2 is 1.83 bits per heavy atom. The number of hydrogen-bond donors (Lipinski definition) is 1. The summed E-state index contributed by atoms with van der Waals surface area (Å²) < 4.78 is 26.1. The van der Waals surface area contributed by atoms with E-state index in [9.17, 15) is 13.6 Å². The van der Waals surface area contributed by atoms with Crippen LogP contribution in [0.5, 0.6) is 0 Å². The van der Waals surface area contributed by atoms with Crippen LogP contribution in [0.25, 0.3) is 0 Å². The van der Waals surface area contributed by atoms with Crippen molar-refractivity contribution in [1.29, 1.82) is 0 Å². The molecular weight excluding hydrogens is 166 g/mol. The van der Waals surface area contributed by atoms with Crippen LogP contribution < -0.4 is 0 Å². The van der Waals surface area contributed by atoms with Gasteiger partial charge in [0, 0.05) is 5.41 Å². The summed E-state index contributed by atoms with van der Waals surface area (Å²) in [6.07, 6.45) is -0.832. The maximum atomic E-state index is 13.1. The molecule has 0 bridgehead atoms. The van der Waals surface area contributed by atoms with Gasteiger partial charge in [-0.15, -0.1) is 0 Å². The van der Waals surface area contributed by atoms with E-state index in [0.29, 0.717) is 0 Å². The quantitative estimate of drug-likeness (QED) is 0.721. The highest BCUT2D eigenvalue weighted by Gasteiger charge is 2.46. The van der Waals surface area contributed by atoms with Crippen molar-refractivity contribution >= 4 is 5.97 Å². The first-order valence-corrected chi connectivity index (χ1v) is 3.82. The third kappa shape index (κ3) is 2.43. The Morgan fingerprint density at radius 3 is 2.08 bits per heavy atom. The van der Waals surface area contributed by atoms with Crippen LogP contribution in [0.3, 0.4) is 0 Å². The molecular formula is C8H14F2O2. The van der Waals surface area contributed by atoms with Crippen LogP contribution in [0, 0.1) is 5.41 Å². The van der Waals surface area contributed by atoms with Crippen molar-refractivity contribution in [2.24, 2.45) is 5.41 Å². The summed E-state index contributed by atoms with van der Waals surface area (Å²) >= 11 is 0. The molecule has 0 fully saturated rings. The maximum Gasteiger partial charge on any atom is 0.309 e. The van der Waals surface area contributed by atoms with Crippen LogP contribution in [-0.2, 0) is 4.79 Å². The van der Waals surface area contributed by atoms with Gasteiger partial charge in [-0.05, 0) is 6.42 Å². The normalized spacial score (nSPS) is 13.1. The standard InChI is InChI=1S/C8H14F2O2/c1-4-7(2,3)8(9,10)5-6(11)12/h4-5H2,1-3H3,(H,11,12). The molecule has 1 N–H and O–H groups in total. The minimum Gasteiger partial charge on any atom is -0.481 e. The molecule has 0 amide bonds. The Kier molecular flexibility index (Phi) is 3.18. The lowest BCUT2D eigenvalue weighted by molar-refractivity contribution is -0.158. The first kappa shape index (κ1) is 11.3. The second-order valence-corrected chi connectivity index (χ2v) is 3.51. The van der Waals surface area contributed by atoms with E-state index >= 15 is 0 Å². The van der Waals surface area contributed by atoms with Crippen LogP contribution in [-0.4, -0.2) is 17.0 Å². The number of alkyl halides is 2. The summed E-state index contributed by atoms with van der Waals surface area (Å²) in [5, 5.41) is 8.23. The fourth-order valence-electron chi connectivity index (χ4n) is 0.688. The first-order valence-electron chi connectivity index (χ1n) is 3.82. The van der Waals surface area contributed by atoms with Gasteiger partial charge in [0.15, 0.2) is 0 Å². The largest absolute Gasteiger partial charge is 0.481 e. The smallest absolute Gasteiger partial charge is 0.309 e. The highest BCUT2D eigenvalue weighted by atomic mass is 19.3. The van der Waals surface area contributed by atoms with Crippen molar-refractivity contribution in [3.63, 3.8) is 0 Å². The molecule has 0 unspecified atom stereocenters. The fraction of sp³-hybridized carbons (Fsp3) is 0.875. The lowest BCUT2D eigenvalue weighted by atomic mass is 9.81. The third-order valence-electron chi connectivity index (χ3n) is 2.25. The molecule has 0 heterocycles. The van der Waals surface area contributed by atoms with Crippen molar-refractivity contribution in [2.45, 2.75) is 39.5 Å². The molecule has 4 heteroatoms. The van der Waals surface area contributed by atoms with Gasteiger partial charge in [0.2, 0.25) is 0 Å². The van der Waals surface area contributed by atoms with Crippen LogP contribution in [0.1, 0.15) is 33.6 Å². The Morgan fingerprint density at radius 1 is 1.42 bits per heavy atom. The van der Waals surface area contributed by atoms with Crippen LogP contribution in [0.2, 0.25) is 0 Å². The molecule has 0 aliphatic rings. The van der Waals surface area contributed by atoms with E-state index < -0.39 is 23.7 Å². The molecule has 0 aromatic heterocycles. The highest BCUT2D eigenvalue weighted by molar-refractivity contribution is 5.68. The number of aliphatic carboxylic acids is 1. The number of carboxylic acids is 1. The zero-order valence-electron chi connectivity index (χ0n) is 7.53. The summed E-state index contributed by atoms with van der Waals surface area (Å²) in [6, 6.07) is 0. The van der Waals surface area contributed by atoms with Crippen molar-refractivity contribution in [3.8, 4) is 0 Å². The molecule has 0 atom stereocenters. The third-order valence-corrected chi connectivity index (χ3v) is 2.25. The van der Waals surface area contributed by atoms with Gasteiger partial charge >= 0.3 is 5.97 Å². The zero-order valence-corrected chi connectivity index (χ0v) is 7.53. The number of carbonyl (C=O) groups is 1. The van der Waals surface area contributed by atoms with Gasteiger partial charge in [0.1, 0.15) is 6.42 Å². The van der Waals surface area contributed by atoms with Gasteiger partial charge in [-0.3, -0.25) is 4.79 Å². The molecule has 0 aliphatic carbocycles. The molecule has 0 rings (SSSR count). The lowest BCUT2D eigenvalue weighted by Crippen LogP contribution is -2.37. The predicted molar refractivity (Wildman–Crippen MR) is 41.3 cm³/mol. The van der Waals surface area contributed by atoms with E-state index in [2.05, 4.69) is 0 Å². The molecule has 12 heavy (non-hydrogen) atoms. The molecule has 0 aliphatic heterocycles.